The molecule has 132 valence electrons. The van der Waals surface area contributed by atoms with Crippen molar-refractivity contribution < 1.29 is 48.3 Å². The lowest BCUT2D eigenvalue weighted by molar-refractivity contribution is -0.156. The predicted molar refractivity (Wildman–Crippen MR) is 72.9 cm³/mol. The lowest BCUT2D eigenvalue weighted by Gasteiger charge is -2.16. The first kappa shape index (κ1) is 17.9. The number of esters is 2. The van der Waals surface area contributed by atoms with Crippen LogP contribution in [0.4, 0.5) is 0 Å². The van der Waals surface area contributed by atoms with E-state index in [1.807, 2.05) is 0 Å². The third-order valence-electron chi connectivity index (χ3n) is 3.42. The van der Waals surface area contributed by atoms with Gasteiger partial charge in [-0.15, -0.1) is 0 Å². The molecule has 0 radical (unpaired) electrons. The number of ether oxygens (including phenoxy) is 4. The number of carbonyl (C=O) groups is 4. The summed E-state index contributed by atoms with van der Waals surface area (Å²) in [7, 11) is 0. The van der Waals surface area contributed by atoms with Crippen molar-refractivity contribution in [3.8, 4) is 0 Å². The Bertz CT molecular complexity index is 554. The lowest BCUT2D eigenvalue weighted by atomic mass is 10.1. The molecule has 0 saturated carbocycles. The fourth-order valence-corrected chi connectivity index (χ4v) is 2.40. The third-order valence-corrected chi connectivity index (χ3v) is 3.42. The maximum atomic E-state index is 11.6. The Morgan fingerprint density at radius 1 is 0.917 bits per heavy atom. The lowest BCUT2D eigenvalue weighted by Crippen LogP contribution is -2.35. The molecular weight excluding hydrogens is 328 g/mol. The maximum Gasteiger partial charge on any atom is 0.331 e. The number of carboxylic acid groups (broad SMARTS) is 2. The second-order valence-corrected chi connectivity index (χ2v) is 5.16. The van der Waals surface area contributed by atoms with E-state index in [0.717, 1.165) is 6.08 Å². The summed E-state index contributed by atoms with van der Waals surface area (Å²) in [5, 5.41) is 17.0. The fraction of sp³-hybridized carbons (Fsp3) is 0.571. The summed E-state index contributed by atoms with van der Waals surface area (Å²) >= 11 is 0. The molecule has 0 aromatic rings. The SMILES string of the molecule is O=C(O)/C=C\C(=O)O[C@H]1COC2C1OC[C@H]2OC(=O)CCC(=O)O. The monoisotopic (exact) mass is 344 g/mol. The topological polar surface area (TPSA) is 146 Å². The second kappa shape index (κ2) is 7.88. The molecule has 0 spiro atoms. The summed E-state index contributed by atoms with van der Waals surface area (Å²) in [4.78, 5) is 43.8. The number of fused-ring (bicyclic) bond motifs is 1. The van der Waals surface area contributed by atoms with Gasteiger partial charge in [0.15, 0.2) is 12.2 Å². The predicted octanol–water partition coefficient (Wildman–Crippen LogP) is -0.887. The van der Waals surface area contributed by atoms with Gasteiger partial charge in [0.2, 0.25) is 0 Å². The molecule has 10 nitrogen and oxygen atoms in total. The van der Waals surface area contributed by atoms with Crippen LogP contribution in [0.5, 0.6) is 0 Å². The Balaban J connectivity index is 1.83. The Labute approximate surface area is 135 Å². The van der Waals surface area contributed by atoms with Crippen molar-refractivity contribution in [2.75, 3.05) is 13.2 Å². The summed E-state index contributed by atoms with van der Waals surface area (Å²) in [6, 6.07) is 0. The quantitative estimate of drug-likeness (QED) is 0.440. The van der Waals surface area contributed by atoms with Crippen LogP contribution in [0, 0.1) is 0 Å². The maximum absolute atomic E-state index is 11.6. The average molecular weight is 344 g/mol. The van der Waals surface area contributed by atoms with Gasteiger partial charge in [-0.25, -0.2) is 9.59 Å². The van der Waals surface area contributed by atoms with E-state index in [1.165, 1.54) is 0 Å². The molecule has 2 unspecified atom stereocenters. The van der Waals surface area contributed by atoms with E-state index in [4.69, 9.17) is 29.2 Å². The normalized spacial score (nSPS) is 28.5. The molecule has 2 saturated heterocycles. The van der Waals surface area contributed by atoms with Crippen LogP contribution in [0.1, 0.15) is 12.8 Å². The van der Waals surface area contributed by atoms with Crippen LogP contribution in [0.2, 0.25) is 0 Å². The molecular formula is C14H16O10. The third kappa shape index (κ3) is 4.77. The van der Waals surface area contributed by atoms with Gasteiger partial charge in [0.25, 0.3) is 0 Å². The Morgan fingerprint density at radius 2 is 1.50 bits per heavy atom. The standard InChI is InChI=1S/C14H16O10/c15-9(16)1-3-11(19)23-7-5-21-14-8(6-22-13(7)14)24-12(20)4-2-10(17)18/h1,3,7-8,13-14H,2,4-6H2,(H,15,16)(H,17,18)/b3-1-/t7-,8+,13?,14?/m0/s1. The van der Waals surface area contributed by atoms with Crippen LogP contribution < -0.4 is 0 Å². The number of carbonyl (C=O) groups excluding carboxylic acids is 2. The highest BCUT2D eigenvalue weighted by molar-refractivity contribution is 5.90. The summed E-state index contributed by atoms with van der Waals surface area (Å²) in [5.41, 5.74) is 0. The molecule has 0 bridgehead atoms. The Morgan fingerprint density at radius 3 is 2.04 bits per heavy atom. The highest BCUT2D eigenvalue weighted by atomic mass is 16.7. The molecule has 2 aliphatic heterocycles. The van der Waals surface area contributed by atoms with Crippen LogP contribution in [-0.4, -0.2) is 71.7 Å². The van der Waals surface area contributed by atoms with Crippen molar-refractivity contribution in [2.45, 2.75) is 37.3 Å². The van der Waals surface area contributed by atoms with Crippen LogP contribution in [0.25, 0.3) is 0 Å². The van der Waals surface area contributed by atoms with Gasteiger partial charge in [0, 0.05) is 12.2 Å². The largest absolute Gasteiger partial charge is 0.481 e. The van der Waals surface area contributed by atoms with E-state index >= 15 is 0 Å². The molecule has 10 heteroatoms. The smallest absolute Gasteiger partial charge is 0.331 e. The highest BCUT2D eigenvalue weighted by Gasteiger charge is 2.51. The van der Waals surface area contributed by atoms with Gasteiger partial charge in [-0.05, 0) is 0 Å². The van der Waals surface area contributed by atoms with Crippen LogP contribution in [0.3, 0.4) is 0 Å². The van der Waals surface area contributed by atoms with E-state index < -0.39 is 48.3 Å². The minimum Gasteiger partial charge on any atom is -0.481 e. The van der Waals surface area contributed by atoms with Gasteiger partial charge in [-0.3, -0.25) is 9.59 Å². The van der Waals surface area contributed by atoms with Crippen LogP contribution in [0.15, 0.2) is 12.2 Å². The van der Waals surface area contributed by atoms with E-state index in [9.17, 15) is 19.2 Å². The highest BCUT2D eigenvalue weighted by Crippen LogP contribution is 2.30. The molecule has 24 heavy (non-hydrogen) atoms. The van der Waals surface area contributed by atoms with Crippen molar-refractivity contribution in [1.82, 2.24) is 0 Å². The first-order valence-electron chi connectivity index (χ1n) is 7.13. The summed E-state index contributed by atoms with van der Waals surface area (Å²) < 4.78 is 21.0. The van der Waals surface area contributed by atoms with Crippen LogP contribution >= 0.6 is 0 Å². The fourth-order valence-electron chi connectivity index (χ4n) is 2.40. The molecule has 2 rings (SSSR count). The first-order chi connectivity index (χ1) is 11.4. The van der Waals surface area contributed by atoms with E-state index in [0.29, 0.717) is 6.08 Å². The van der Waals surface area contributed by atoms with Crippen molar-refractivity contribution in [3.05, 3.63) is 12.2 Å². The summed E-state index contributed by atoms with van der Waals surface area (Å²) in [6.45, 7) is 0.0539. The number of hydrogen-bond donors (Lipinski definition) is 2. The zero-order valence-corrected chi connectivity index (χ0v) is 12.5. The van der Waals surface area contributed by atoms with Crippen molar-refractivity contribution in [2.24, 2.45) is 0 Å². The molecule has 2 fully saturated rings. The number of carboxylic acids is 2. The molecule has 4 atom stereocenters. The molecule has 2 aliphatic rings. The minimum absolute atomic E-state index is 0.0190. The van der Waals surface area contributed by atoms with Crippen molar-refractivity contribution in [3.63, 3.8) is 0 Å². The van der Waals surface area contributed by atoms with Gasteiger partial charge < -0.3 is 29.2 Å². The van der Waals surface area contributed by atoms with Crippen molar-refractivity contribution >= 4 is 23.9 Å². The Kier molecular flexibility index (Phi) is 5.88. The molecule has 2 heterocycles. The van der Waals surface area contributed by atoms with Crippen LogP contribution in [-0.2, 0) is 38.1 Å². The number of rotatable bonds is 7. The zero-order valence-electron chi connectivity index (χ0n) is 12.5. The van der Waals surface area contributed by atoms with Gasteiger partial charge in [0.1, 0.15) is 12.2 Å². The second-order valence-electron chi connectivity index (χ2n) is 5.16. The van der Waals surface area contributed by atoms with E-state index in [1.54, 1.807) is 0 Å². The molecule has 2 N–H and O–H groups in total. The van der Waals surface area contributed by atoms with Gasteiger partial charge in [-0.2, -0.15) is 0 Å². The molecule has 0 aliphatic carbocycles. The summed E-state index contributed by atoms with van der Waals surface area (Å²) in [5.74, 6) is -3.92. The van der Waals surface area contributed by atoms with E-state index in [-0.39, 0.29) is 26.1 Å². The molecule has 0 amide bonds. The molecule has 0 aromatic carbocycles. The van der Waals surface area contributed by atoms with Gasteiger partial charge in [-0.1, -0.05) is 0 Å². The van der Waals surface area contributed by atoms with Gasteiger partial charge in [0.05, 0.1) is 26.1 Å². The average Bonchev–Trinajstić information content (AvgIpc) is 3.07. The summed E-state index contributed by atoms with van der Waals surface area (Å²) in [6.07, 6.45) is -1.89. The van der Waals surface area contributed by atoms with Gasteiger partial charge >= 0.3 is 23.9 Å². The van der Waals surface area contributed by atoms with E-state index in [2.05, 4.69) is 0 Å². The number of aliphatic carboxylic acids is 2. The minimum atomic E-state index is -1.28. The van der Waals surface area contributed by atoms with Crippen molar-refractivity contribution in [1.29, 1.82) is 0 Å². The first-order valence-corrected chi connectivity index (χ1v) is 7.13. The zero-order chi connectivity index (χ0) is 17.7. The molecule has 0 aromatic heterocycles. The Hall–Kier alpha value is -2.46. The number of hydrogen-bond acceptors (Lipinski definition) is 8.